The molecule has 0 fully saturated rings. The van der Waals surface area contributed by atoms with Crippen molar-refractivity contribution in [1.29, 1.82) is 0 Å². The van der Waals surface area contributed by atoms with E-state index in [9.17, 15) is 9.90 Å². The largest absolute Gasteiger partial charge is 0.497 e. The molecule has 2 N–H and O–H groups in total. The fourth-order valence-electron chi connectivity index (χ4n) is 2.29. The third-order valence-corrected chi connectivity index (χ3v) is 5.07. The van der Waals surface area contributed by atoms with Crippen LogP contribution in [0.4, 0.5) is 5.69 Å². The van der Waals surface area contributed by atoms with E-state index in [0.717, 1.165) is 16.2 Å². The molecule has 2 atom stereocenters. The molecule has 0 aromatic heterocycles. The Labute approximate surface area is 137 Å². The summed E-state index contributed by atoms with van der Waals surface area (Å²) < 4.78 is 5.14. The van der Waals surface area contributed by atoms with Gasteiger partial charge < -0.3 is 15.2 Å². The first-order chi connectivity index (χ1) is 10.6. The van der Waals surface area contributed by atoms with Gasteiger partial charge in [-0.3, -0.25) is 4.79 Å². The number of aliphatic hydroxyl groups excluding tert-OH is 1. The lowest BCUT2D eigenvalue weighted by atomic mass is 10.1. The number of rotatable bonds is 2. The van der Waals surface area contributed by atoms with Crippen LogP contribution in [0.3, 0.4) is 0 Å². The van der Waals surface area contributed by atoms with Crippen molar-refractivity contribution >= 4 is 35.0 Å². The lowest BCUT2D eigenvalue weighted by molar-refractivity contribution is -0.124. The average Bonchev–Trinajstić information content (AvgIpc) is 2.65. The third kappa shape index (κ3) is 2.92. The molecule has 0 saturated heterocycles. The Morgan fingerprint density at radius 2 is 1.95 bits per heavy atom. The number of methoxy groups -OCH3 is 1. The van der Waals surface area contributed by atoms with E-state index in [-0.39, 0.29) is 0 Å². The van der Waals surface area contributed by atoms with E-state index in [4.69, 9.17) is 16.3 Å². The molecule has 0 bridgehead atoms. The minimum Gasteiger partial charge on any atom is -0.497 e. The number of hydrogen-bond donors (Lipinski definition) is 2. The van der Waals surface area contributed by atoms with E-state index in [1.54, 1.807) is 25.3 Å². The summed E-state index contributed by atoms with van der Waals surface area (Å²) in [5.74, 6) is 0.305. The van der Waals surface area contributed by atoms with E-state index < -0.39 is 17.3 Å². The lowest BCUT2D eigenvalue weighted by Crippen LogP contribution is -2.30. The molecular formula is C16H14ClNO3S. The number of carbonyl (C=O) groups excluding carboxylic acids is 1. The van der Waals surface area contributed by atoms with Gasteiger partial charge in [0, 0.05) is 9.92 Å². The van der Waals surface area contributed by atoms with Gasteiger partial charge in [-0.25, -0.2) is 0 Å². The van der Waals surface area contributed by atoms with Gasteiger partial charge in [0.1, 0.15) is 11.9 Å². The van der Waals surface area contributed by atoms with Crippen LogP contribution in [0.2, 0.25) is 5.02 Å². The van der Waals surface area contributed by atoms with E-state index in [1.807, 2.05) is 24.3 Å². The minimum atomic E-state index is -1.15. The van der Waals surface area contributed by atoms with Crippen molar-refractivity contribution in [3.63, 3.8) is 0 Å². The number of anilines is 1. The maximum atomic E-state index is 12.1. The first-order valence-corrected chi connectivity index (χ1v) is 7.93. The number of fused-ring (bicyclic) bond motifs is 1. The number of hydrogen-bond acceptors (Lipinski definition) is 4. The normalized spacial score (nSPS) is 20.8. The zero-order valence-corrected chi connectivity index (χ0v) is 13.3. The summed E-state index contributed by atoms with van der Waals surface area (Å²) in [5.41, 5.74) is 1.51. The van der Waals surface area contributed by atoms with Crippen LogP contribution in [0.25, 0.3) is 0 Å². The summed E-state index contributed by atoms with van der Waals surface area (Å²) >= 11 is 7.44. The fraction of sp³-hybridized carbons (Fsp3) is 0.188. The second kappa shape index (κ2) is 6.20. The summed E-state index contributed by atoms with van der Waals surface area (Å²) in [7, 11) is 1.59. The van der Waals surface area contributed by atoms with Crippen LogP contribution in [-0.2, 0) is 4.79 Å². The van der Waals surface area contributed by atoms with Crippen molar-refractivity contribution in [3.05, 3.63) is 53.1 Å². The van der Waals surface area contributed by atoms with Gasteiger partial charge in [0.15, 0.2) is 0 Å². The molecule has 0 spiro atoms. The van der Waals surface area contributed by atoms with Gasteiger partial charge in [-0.1, -0.05) is 23.7 Å². The molecule has 1 heterocycles. The van der Waals surface area contributed by atoms with Crippen LogP contribution in [0, 0.1) is 0 Å². The number of ether oxygens (including phenoxy) is 1. The molecule has 1 aliphatic heterocycles. The Balaban J connectivity index is 2.00. The number of aliphatic hydroxyl groups is 1. The maximum absolute atomic E-state index is 12.1. The zero-order valence-electron chi connectivity index (χ0n) is 11.7. The molecule has 2 unspecified atom stereocenters. The molecule has 2 aromatic rings. The monoisotopic (exact) mass is 335 g/mol. The van der Waals surface area contributed by atoms with Crippen molar-refractivity contribution in [2.24, 2.45) is 0 Å². The molecule has 4 nitrogen and oxygen atoms in total. The van der Waals surface area contributed by atoms with Gasteiger partial charge in [0.25, 0.3) is 5.91 Å². The van der Waals surface area contributed by atoms with E-state index in [0.29, 0.717) is 10.7 Å². The predicted molar refractivity (Wildman–Crippen MR) is 87.7 cm³/mol. The smallest absolute Gasteiger partial charge is 0.254 e. The van der Waals surface area contributed by atoms with E-state index in [1.165, 1.54) is 11.8 Å². The zero-order chi connectivity index (χ0) is 15.7. The van der Waals surface area contributed by atoms with Crippen molar-refractivity contribution in [1.82, 2.24) is 0 Å². The van der Waals surface area contributed by atoms with Crippen LogP contribution in [0.15, 0.2) is 47.4 Å². The van der Waals surface area contributed by atoms with Gasteiger partial charge in [0.2, 0.25) is 0 Å². The van der Waals surface area contributed by atoms with Gasteiger partial charge >= 0.3 is 0 Å². The number of benzene rings is 2. The number of thioether (sulfide) groups is 1. The molecule has 0 radical (unpaired) electrons. The van der Waals surface area contributed by atoms with Gasteiger partial charge in [-0.15, -0.1) is 11.8 Å². The molecule has 1 amide bonds. The van der Waals surface area contributed by atoms with Crippen LogP contribution >= 0.6 is 23.4 Å². The minimum absolute atomic E-state index is 0.411. The maximum Gasteiger partial charge on any atom is 0.254 e. The summed E-state index contributed by atoms with van der Waals surface area (Å²) in [4.78, 5) is 13.0. The average molecular weight is 336 g/mol. The summed E-state index contributed by atoms with van der Waals surface area (Å²) in [6.45, 7) is 0. The van der Waals surface area contributed by atoms with E-state index in [2.05, 4.69) is 5.32 Å². The Kier molecular flexibility index (Phi) is 4.29. The first-order valence-electron chi connectivity index (χ1n) is 6.67. The second-order valence-electron chi connectivity index (χ2n) is 4.89. The van der Waals surface area contributed by atoms with Crippen LogP contribution in [-0.4, -0.2) is 24.2 Å². The SMILES string of the molecule is COc1ccc(C2Sc3cc(Cl)ccc3NC(=O)C2O)cc1. The van der Waals surface area contributed by atoms with Crippen LogP contribution in [0.5, 0.6) is 5.75 Å². The quantitative estimate of drug-likeness (QED) is 0.882. The van der Waals surface area contributed by atoms with Crippen molar-refractivity contribution in [2.45, 2.75) is 16.2 Å². The molecule has 22 heavy (non-hydrogen) atoms. The molecule has 114 valence electrons. The predicted octanol–water partition coefficient (Wildman–Crippen LogP) is 3.50. The molecular weight excluding hydrogens is 322 g/mol. The van der Waals surface area contributed by atoms with E-state index >= 15 is 0 Å². The molecule has 0 saturated carbocycles. The third-order valence-electron chi connectivity index (χ3n) is 3.46. The van der Waals surface area contributed by atoms with Crippen molar-refractivity contribution in [2.75, 3.05) is 12.4 Å². The molecule has 3 rings (SSSR count). The number of carbonyl (C=O) groups is 1. The van der Waals surface area contributed by atoms with Crippen LogP contribution < -0.4 is 10.1 Å². The second-order valence-corrected chi connectivity index (χ2v) is 6.51. The van der Waals surface area contributed by atoms with Crippen molar-refractivity contribution < 1.29 is 14.6 Å². The highest BCUT2D eigenvalue weighted by atomic mass is 35.5. The van der Waals surface area contributed by atoms with Crippen LogP contribution in [0.1, 0.15) is 10.8 Å². The Morgan fingerprint density at radius 1 is 1.23 bits per heavy atom. The standard InChI is InChI=1S/C16H14ClNO3S/c1-21-11-5-2-9(3-6-11)15-14(19)16(20)18-12-7-4-10(17)8-13(12)22-15/h2-8,14-15,19H,1H3,(H,18,20). The lowest BCUT2D eigenvalue weighted by Gasteiger charge is -2.19. The number of halogens is 1. The van der Waals surface area contributed by atoms with Gasteiger partial charge in [-0.2, -0.15) is 0 Å². The highest BCUT2D eigenvalue weighted by molar-refractivity contribution is 7.99. The molecule has 0 aliphatic carbocycles. The summed E-state index contributed by atoms with van der Waals surface area (Å²) in [5, 5.41) is 13.2. The number of nitrogens with one attached hydrogen (secondary N) is 1. The van der Waals surface area contributed by atoms with Gasteiger partial charge in [-0.05, 0) is 35.9 Å². The Bertz CT molecular complexity index is 705. The topological polar surface area (TPSA) is 58.6 Å². The van der Waals surface area contributed by atoms with Gasteiger partial charge in [0.05, 0.1) is 18.0 Å². The summed E-state index contributed by atoms with van der Waals surface area (Å²) in [6, 6.07) is 12.6. The highest BCUT2D eigenvalue weighted by Gasteiger charge is 2.32. The Hall–Kier alpha value is -1.69. The fourth-order valence-corrected chi connectivity index (χ4v) is 3.78. The molecule has 2 aromatic carbocycles. The molecule has 6 heteroatoms. The first kappa shape index (κ1) is 15.2. The highest BCUT2D eigenvalue weighted by Crippen LogP contribution is 2.44. The van der Waals surface area contributed by atoms with Crippen molar-refractivity contribution in [3.8, 4) is 5.75 Å². The molecule has 1 aliphatic rings. The number of amides is 1. The Morgan fingerprint density at radius 3 is 2.64 bits per heavy atom. The summed E-state index contributed by atoms with van der Waals surface area (Å²) in [6.07, 6.45) is -1.15.